The highest BCUT2D eigenvalue weighted by molar-refractivity contribution is 5.47. The zero-order chi connectivity index (χ0) is 11.6. The third-order valence-electron chi connectivity index (χ3n) is 2.81. The van der Waals surface area contributed by atoms with Gasteiger partial charge in [-0.2, -0.15) is 0 Å². The van der Waals surface area contributed by atoms with Crippen LogP contribution in [0.5, 0.6) is 0 Å². The summed E-state index contributed by atoms with van der Waals surface area (Å²) in [4.78, 5) is 4.20. The molecule has 0 aromatic carbocycles. The van der Waals surface area contributed by atoms with E-state index in [-0.39, 0.29) is 5.92 Å². The Morgan fingerprint density at radius 3 is 2.80 bits per heavy atom. The van der Waals surface area contributed by atoms with E-state index >= 15 is 0 Å². The lowest BCUT2D eigenvalue weighted by molar-refractivity contribution is -0.682. The van der Waals surface area contributed by atoms with E-state index in [0.717, 1.165) is 22.6 Å². The van der Waals surface area contributed by atoms with Crippen molar-refractivity contribution in [2.75, 3.05) is 5.73 Å². The Balaban J connectivity index is 3.36. The predicted octanol–water partition coefficient (Wildman–Crippen LogP) is 1.63. The normalized spacial score (nSPS) is 12.0. The molecular weight excluding hydrogens is 186 g/mol. The molecule has 0 fully saturated rings. The standard InChI is InChI=1S/C12H18N3/c1-6-8(2)9(3)12-11(13)10(4)14-7-15(12)5/h7,9H,1,13H2,2-5H3/q+1. The Hall–Kier alpha value is -1.60. The first kappa shape index (κ1) is 11.5. The van der Waals surface area contributed by atoms with Gasteiger partial charge in [-0.15, -0.1) is 5.73 Å². The lowest BCUT2D eigenvalue weighted by Gasteiger charge is -2.13. The third kappa shape index (κ3) is 2.08. The SMILES string of the molecule is C=C=C(C)C(C)c1c(N)c(C)nc[n+]1C. The molecule has 2 N–H and O–H groups in total. The van der Waals surface area contributed by atoms with Gasteiger partial charge in [-0.3, -0.25) is 0 Å². The molecule has 0 bridgehead atoms. The smallest absolute Gasteiger partial charge is 0.286 e. The topological polar surface area (TPSA) is 42.8 Å². The second-order valence-electron chi connectivity index (χ2n) is 3.82. The largest absolute Gasteiger partial charge is 0.392 e. The van der Waals surface area contributed by atoms with Gasteiger partial charge in [0.25, 0.3) is 6.33 Å². The number of anilines is 1. The van der Waals surface area contributed by atoms with Gasteiger partial charge in [0, 0.05) is 12.8 Å². The van der Waals surface area contributed by atoms with E-state index in [4.69, 9.17) is 5.73 Å². The molecule has 1 aromatic rings. The maximum absolute atomic E-state index is 6.03. The Morgan fingerprint density at radius 1 is 1.67 bits per heavy atom. The summed E-state index contributed by atoms with van der Waals surface area (Å²) >= 11 is 0. The van der Waals surface area contributed by atoms with E-state index in [1.165, 1.54) is 0 Å². The van der Waals surface area contributed by atoms with Gasteiger partial charge in [0.1, 0.15) is 11.4 Å². The zero-order valence-electron chi connectivity index (χ0n) is 9.83. The molecule has 1 atom stereocenters. The highest BCUT2D eigenvalue weighted by atomic mass is 15.0. The monoisotopic (exact) mass is 204 g/mol. The van der Waals surface area contributed by atoms with E-state index in [1.54, 1.807) is 6.33 Å². The van der Waals surface area contributed by atoms with E-state index in [0.29, 0.717) is 0 Å². The number of rotatable bonds is 2. The van der Waals surface area contributed by atoms with Crippen molar-refractivity contribution < 1.29 is 4.57 Å². The fourth-order valence-electron chi connectivity index (χ4n) is 1.58. The molecule has 0 saturated heterocycles. The van der Waals surface area contributed by atoms with Gasteiger partial charge in [-0.05, 0) is 12.5 Å². The van der Waals surface area contributed by atoms with Crippen LogP contribution in [-0.4, -0.2) is 4.98 Å². The summed E-state index contributed by atoms with van der Waals surface area (Å²) in [6.45, 7) is 9.68. The van der Waals surface area contributed by atoms with Gasteiger partial charge in [0.2, 0.25) is 0 Å². The first-order valence-corrected chi connectivity index (χ1v) is 4.96. The van der Waals surface area contributed by atoms with Gasteiger partial charge in [0.05, 0.1) is 7.05 Å². The van der Waals surface area contributed by atoms with Gasteiger partial charge in [-0.1, -0.05) is 18.5 Å². The number of hydrogen-bond acceptors (Lipinski definition) is 2. The highest BCUT2D eigenvalue weighted by Gasteiger charge is 2.20. The van der Waals surface area contributed by atoms with E-state index in [2.05, 4.69) is 24.2 Å². The second-order valence-corrected chi connectivity index (χ2v) is 3.82. The van der Waals surface area contributed by atoms with Crippen molar-refractivity contribution in [3.05, 3.63) is 35.6 Å². The molecule has 3 heteroatoms. The van der Waals surface area contributed by atoms with Crippen molar-refractivity contribution >= 4 is 5.69 Å². The summed E-state index contributed by atoms with van der Waals surface area (Å²) < 4.78 is 1.95. The van der Waals surface area contributed by atoms with Crippen LogP contribution in [-0.2, 0) is 7.05 Å². The maximum Gasteiger partial charge on any atom is 0.286 e. The summed E-state index contributed by atoms with van der Waals surface area (Å²) in [6.07, 6.45) is 1.79. The van der Waals surface area contributed by atoms with Crippen LogP contribution < -0.4 is 10.3 Å². The van der Waals surface area contributed by atoms with E-state index in [9.17, 15) is 0 Å². The minimum absolute atomic E-state index is 0.217. The van der Waals surface area contributed by atoms with Crippen LogP contribution in [0.1, 0.15) is 31.2 Å². The number of nitrogens with zero attached hydrogens (tertiary/aromatic N) is 2. The molecule has 1 heterocycles. The average Bonchev–Trinajstić information content (AvgIpc) is 2.22. The van der Waals surface area contributed by atoms with E-state index in [1.807, 2.05) is 25.5 Å². The molecule has 80 valence electrons. The third-order valence-corrected chi connectivity index (χ3v) is 2.81. The molecule has 0 aliphatic heterocycles. The zero-order valence-corrected chi connectivity index (χ0v) is 9.83. The second kappa shape index (κ2) is 4.28. The Morgan fingerprint density at radius 2 is 2.27 bits per heavy atom. The molecule has 1 unspecified atom stereocenters. The maximum atomic E-state index is 6.03. The van der Waals surface area contributed by atoms with Crippen molar-refractivity contribution in [3.63, 3.8) is 0 Å². The molecule has 1 rings (SSSR count). The number of aromatic nitrogens is 2. The van der Waals surface area contributed by atoms with Gasteiger partial charge in [0.15, 0.2) is 5.69 Å². The first-order valence-electron chi connectivity index (χ1n) is 4.96. The van der Waals surface area contributed by atoms with Gasteiger partial charge >= 0.3 is 0 Å². The first-order chi connectivity index (χ1) is 6.99. The van der Waals surface area contributed by atoms with Crippen molar-refractivity contribution in [2.24, 2.45) is 7.05 Å². The molecule has 0 aliphatic carbocycles. The number of nitrogens with two attached hydrogens (primary N) is 1. The van der Waals surface area contributed by atoms with Crippen LogP contribution in [0.15, 0.2) is 24.2 Å². The molecular formula is C12H18N3+. The molecule has 0 aliphatic rings. The highest BCUT2D eigenvalue weighted by Crippen LogP contribution is 2.25. The van der Waals surface area contributed by atoms with Crippen LogP contribution in [0.25, 0.3) is 0 Å². The number of nitrogen functional groups attached to an aromatic ring is 1. The van der Waals surface area contributed by atoms with Crippen LogP contribution >= 0.6 is 0 Å². The molecule has 15 heavy (non-hydrogen) atoms. The molecule has 1 aromatic heterocycles. The number of hydrogen-bond donors (Lipinski definition) is 1. The summed E-state index contributed by atoms with van der Waals surface area (Å²) in [5.41, 5.74) is 12.7. The molecule has 0 amide bonds. The van der Waals surface area contributed by atoms with Crippen molar-refractivity contribution in [3.8, 4) is 0 Å². The van der Waals surface area contributed by atoms with Crippen LogP contribution in [0.2, 0.25) is 0 Å². The summed E-state index contributed by atoms with van der Waals surface area (Å²) in [6, 6.07) is 0. The Labute approximate surface area is 91.0 Å². The number of aryl methyl sites for hydroxylation is 2. The lowest BCUT2D eigenvalue weighted by atomic mass is 9.97. The van der Waals surface area contributed by atoms with Crippen molar-refractivity contribution in [1.82, 2.24) is 4.98 Å². The van der Waals surface area contributed by atoms with Gasteiger partial charge in [-0.25, -0.2) is 4.57 Å². The molecule has 0 radical (unpaired) electrons. The van der Waals surface area contributed by atoms with E-state index < -0.39 is 0 Å². The summed E-state index contributed by atoms with van der Waals surface area (Å²) in [5.74, 6) is 0.217. The fourth-order valence-corrected chi connectivity index (χ4v) is 1.58. The van der Waals surface area contributed by atoms with Crippen LogP contribution in [0.4, 0.5) is 5.69 Å². The molecule has 0 spiro atoms. The molecule has 3 nitrogen and oxygen atoms in total. The van der Waals surface area contributed by atoms with Crippen molar-refractivity contribution in [1.29, 1.82) is 0 Å². The fraction of sp³-hybridized carbons (Fsp3) is 0.417. The Bertz CT molecular complexity index is 429. The van der Waals surface area contributed by atoms with Crippen molar-refractivity contribution in [2.45, 2.75) is 26.7 Å². The Kier molecular flexibility index (Phi) is 3.28. The summed E-state index contributed by atoms with van der Waals surface area (Å²) in [5, 5.41) is 0. The predicted molar refractivity (Wildman–Crippen MR) is 61.3 cm³/mol. The lowest BCUT2D eigenvalue weighted by Crippen LogP contribution is -2.37. The minimum atomic E-state index is 0.217. The molecule has 0 saturated carbocycles. The van der Waals surface area contributed by atoms with Crippen LogP contribution in [0, 0.1) is 6.92 Å². The summed E-state index contributed by atoms with van der Waals surface area (Å²) in [7, 11) is 1.95. The quantitative estimate of drug-likeness (QED) is 0.587. The van der Waals surface area contributed by atoms with Crippen LogP contribution in [0.3, 0.4) is 0 Å². The van der Waals surface area contributed by atoms with Gasteiger partial charge < -0.3 is 5.73 Å². The minimum Gasteiger partial charge on any atom is -0.392 e. The average molecular weight is 204 g/mol. The number of allylic oxidation sites excluding steroid dienone is 1.